The van der Waals surface area contributed by atoms with E-state index in [1.165, 1.54) is 11.3 Å². The number of nitrogens with one attached hydrogen (secondary N) is 1. The Kier molecular flexibility index (Phi) is 6.42. The number of thiophene rings is 1. The Labute approximate surface area is 202 Å². The Bertz CT molecular complexity index is 1380. The van der Waals surface area contributed by atoms with Crippen LogP contribution in [-0.2, 0) is 17.6 Å². The van der Waals surface area contributed by atoms with Gasteiger partial charge in [0.05, 0.1) is 5.56 Å². The molecule has 1 aromatic carbocycles. The molecule has 2 heterocycles. The third kappa shape index (κ3) is 4.20. The summed E-state index contributed by atoms with van der Waals surface area (Å²) in [7, 11) is 0. The van der Waals surface area contributed by atoms with E-state index in [4.69, 9.17) is 11.6 Å². The van der Waals surface area contributed by atoms with E-state index >= 15 is 0 Å². The summed E-state index contributed by atoms with van der Waals surface area (Å²) >= 11 is 7.77. The Balaban J connectivity index is 1.68. The van der Waals surface area contributed by atoms with Crippen molar-refractivity contribution in [2.75, 3.05) is 5.32 Å². The number of halogens is 1. The summed E-state index contributed by atoms with van der Waals surface area (Å²) in [6.07, 6.45) is 5.54. The molecule has 3 aromatic rings. The highest BCUT2D eigenvalue weighted by molar-refractivity contribution is 7.16. The fourth-order valence-electron chi connectivity index (χ4n) is 4.39. The first kappa shape index (κ1) is 22.9. The number of rotatable bonds is 4. The molecule has 1 N–H and O–H groups in total. The zero-order chi connectivity index (χ0) is 23.7. The van der Waals surface area contributed by atoms with E-state index < -0.39 is 5.91 Å². The number of nitriles is 2. The largest absolute Gasteiger partial charge is 0.318 e. The van der Waals surface area contributed by atoms with Gasteiger partial charge >= 0.3 is 0 Å². The predicted octanol–water partition coefficient (Wildman–Crippen LogP) is 6.41. The minimum Gasteiger partial charge on any atom is -0.318 e. The van der Waals surface area contributed by atoms with E-state index in [-0.39, 0.29) is 5.57 Å². The minimum atomic E-state index is -0.503. The van der Waals surface area contributed by atoms with E-state index in [1.807, 2.05) is 51.1 Å². The maximum atomic E-state index is 13.0. The Morgan fingerprint density at radius 3 is 2.70 bits per heavy atom. The maximum Gasteiger partial charge on any atom is 0.266 e. The highest BCUT2D eigenvalue weighted by Crippen LogP contribution is 2.38. The van der Waals surface area contributed by atoms with Crippen molar-refractivity contribution in [2.45, 2.75) is 46.5 Å². The molecule has 1 amide bonds. The molecule has 7 heteroatoms. The van der Waals surface area contributed by atoms with Gasteiger partial charge in [-0.1, -0.05) is 17.7 Å². The standard InChI is InChI=1S/C26H23ClN4OS/c1-15-11-18(17(3)31(15)23-9-6-8-22(27)16(23)2)12-19(13-28)25(32)30-26-21(14-29)20-7-4-5-10-24(20)33-26/h6,8-9,11-12H,4-5,7,10H2,1-3H3,(H,30,32)/b19-12+. The summed E-state index contributed by atoms with van der Waals surface area (Å²) < 4.78 is 2.07. The van der Waals surface area contributed by atoms with Crippen LogP contribution in [0.4, 0.5) is 5.00 Å². The molecule has 2 aromatic heterocycles. The number of benzene rings is 1. The molecule has 0 unspecified atom stereocenters. The second-order valence-electron chi connectivity index (χ2n) is 8.20. The first-order valence-electron chi connectivity index (χ1n) is 10.8. The number of carbonyl (C=O) groups excluding carboxylic acids is 1. The van der Waals surface area contributed by atoms with Crippen LogP contribution in [0, 0.1) is 43.4 Å². The Hall–Kier alpha value is -3.32. The Morgan fingerprint density at radius 1 is 1.21 bits per heavy atom. The molecule has 1 aliphatic rings. The summed E-state index contributed by atoms with van der Waals surface area (Å²) in [6.45, 7) is 5.90. The molecule has 0 aliphatic heterocycles. The van der Waals surface area contributed by atoms with Crippen molar-refractivity contribution in [3.05, 3.63) is 73.4 Å². The van der Waals surface area contributed by atoms with Crippen molar-refractivity contribution in [3.63, 3.8) is 0 Å². The highest BCUT2D eigenvalue weighted by atomic mass is 35.5. The fourth-order valence-corrected chi connectivity index (χ4v) is 5.79. The van der Waals surface area contributed by atoms with Crippen LogP contribution in [0.2, 0.25) is 5.02 Å². The number of nitrogens with zero attached hydrogens (tertiary/aromatic N) is 3. The van der Waals surface area contributed by atoms with Crippen LogP contribution in [0.3, 0.4) is 0 Å². The maximum absolute atomic E-state index is 13.0. The zero-order valence-corrected chi connectivity index (χ0v) is 20.3. The highest BCUT2D eigenvalue weighted by Gasteiger charge is 2.23. The van der Waals surface area contributed by atoms with Crippen LogP contribution in [0.5, 0.6) is 0 Å². The van der Waals surface area contributed by atoms with Crippen LogP contribution in [-0.4, -0.2) is 10.5 Å². The van der Waals surface area contributed by atoms with Crippen LogP contribution in [0.15, 0.2) is 29.8 Å². The lowest BCUT2D eigenvalue weighted by atomic mass is 9.96. The lowest BCUT2D eigenvalue weighted by Gasteiger charge is -2.13. The molecule has 1 aliphatic carbocycles. The van der Waals surface area contributed by atoms with Gasteiger partial charge in [0.1, 0.15) is 22.7 Å². The first-order chi connectivity index (χ1) is 15.8. The van der Waals surface area contributed by atoms with Gasteiger partial charge in [0.25, 0.3) is 5.91 Å². The number of carbonyl (C=O) groups is 1. The van der Waals surface area contributed by atoms with Crippen molar-refractivity contribution >= 4 is 39.9 Å². The van der Waals surface area contributed by atoms with Gasteiger partial charge in [0, 0.05) is 27.0 Å². The number of anilines is 1. The van der Waals surface area contributed by atoms with Crippen molar-refractivity contribution < 1.29 is 4.79 Å². The second kappa shape index (κ2) is 9.27. The van der Waals surface area contributed by atoms with Gasteiger partial charge in [-0.3, -0.25) is 4.79 Å². The van der Waals surface area contributed by atoms with Crippen LogP contribution < -0.4 is 5.32 Å². The SMILES string of the molecule is Cc1c(Cl)cccc1-n1c(C)cc(/C=C(\C#N)C(=O)Nc2sc3c(c2C#N)CCCC3)c1C. The van der Waals surface area contributed by atoms with E-state index in [9.17, 15) is 15.3 Å². The predicted molar refractivity (Wildman–Crippen MR) is 133 cm³/mol. The molecule has 0 fully saturated rings. The van der Waals surface area contributed by atoms with Gasteiger partial charge in [-0.25, -0.2) is 0 Å². The summed E-state index contributed by atoms with van der Waals surface area (Å²) in [5.74, 6) is -0.503. The molecule has 0 bridgehead atoms. The van der Waals surface area contributed by atoms with E-state index in [1.54, 1.807) is 6.08 Å². The third-order valence-electron chi connectivity index (χ3n) is 6.13. The number of aromatic nitrogens is 1. The molecular weight excluding hydrogens is 452 g/mol. The smallest absolute Gasteiger partial charge is 0.266 e. The molecule has 0 saturated heterocycles. The number of hydrogen-bond donors (Lipinski definition) is 1. The van der Waals surface area contributed by atoms with Crippen molar-refractivity contribution in [1.29, 1.82) is 10.5 Å². The molecule has 0 radical (unpaired) electrons. The molecule has 166 valence electrons. The van der Waals surface area contributed by atoms with Gasteiger partial charge in [-0.2, -0.15) is 10.5 Å². The summed E-state index contributed by atoms with van der Waals surface area (Å²) in [6, 6.07) is 12.0. The second-order valence-corrected chi connectivity index (χ2v) is 9.71. The fraction of sp³-hybridized carbons (Fsp3) is 0.269. The molecule has 0 saturated carbocycles. The van der Waals surface area contributed by atoms with Gasteiger partial charge < -0.3 is 9.88 Å². The molecule has 0 atom stereocenters. The number of fused-ring (bicyclic) bond motifs is 1. The van der Waals surface area contributed by atoms with Gasteiger partial charge in [-0.15, -0.1) is 11.3 Å². The van der Waals surface area contributed by atoms with Crippen LogP contribution >= 0.6 is 22.9 Å². The van der Waals surface area contributed by atoms with Gasteiger partial charge in [0.2, 0.25) is 0 Å². The van der Waals surface area contributed by atoms with Gasteiger partial charge in [-0.05, 0) is 87.4 Å². The van der Waals surface area contributed by atoms with Gasteiger partial charge in [0.15, 0.2) is 0 Å². The average Bonchev–Trinajstić information content (AvgIpc) is 3.29. The first-order valence-corrected chi connectivity index (χ1v) is 12.0. The minimum absolute atomic E-state index is 0.00618. The Morgan fingerprint density at radius 2 is 1.97 bits per heavy atom. The van der Waals surface area contributed by atoms with Crippen LogP contribution in [0.25, 0.3) is 11.8 Å². The lowest BCUT2D eigenvalue weighted by molar-refractivity contribution is -0.112. The van der Waals surface area contributed by atoms with Crippen LogP contribution in [0.1, 0.15) is 51.4 Å². The molecule has 4 rings (SSSR count). The zero-order valence-electron chi connectivity index (χ0n) is 18.8. The quantitative estimate of drug-likeness (QED) is 0.350. The number of amides is 1. The number of hydrogen-bond acceptors (Lipinski definition) is 4. The molecule has 5 nitrogen and oxygen atoms in total. The topological polar surface area (TPSA) is 81.6 Å². The normalized spacial score (nSPS) is 13.2. The van der Waals surface area contributed by atoms with Crippen molar-refractivity contribution in [3.8, 4) is 17.8 Å². The summed E-state index contributed by atoms with van der Waals surface area (Å²) in [5, 5.41) is 23.4. The average molecular weight is 475 g/mol. The molecule has 0 spiro atoms. The molecular formula is C26H23ClN4OS. The van der Waals surface area contributed by atoms with Crippen molar-refractivity contribution in [2.24, 2.45) is 0 Å². The van der Waals surface area contributed by atoms with E-state index in [0.29, 0.717) is 15.6 Å². The number of aryl methyl sites for hydroxylation is 2. The molecule has 33 heavy (non-hydrogen) atoms. The lowest BCUT2D eigenvalue weighted by Crippen LogP contribution is -2.13. The summed E-state index contributed by atoms with van der Waals surface area (Å²) in [4.78, 5) is 14.1. The summed E-state index contributed by atoms with van der Waals surface area (Å²) in [5.41, 5.74) is 6.16. The van der Waals surface area contributed by atoms with Crippen molar-refractivity contribution in [1.82, 2.24) is 4.57 Å². The third-order valence-corrected chi connectivity index (χ3v) is 7.74. The van der Waals surface area contributed by atoms with E-state index in [2.05, 4.69) is 16.0 Å². The van der Waals surface area contributed by atoms with E-state index in [0.717, 1.165) is 64.3 Å². The monoisotopic (exact) mass is 474 g/mol.